The summed E-state index contributed by atoms with van der Waals surface area (Å²) < 4.78 is 0. The molecule has 1 atom stereocenters. The molecule has 1 aromatic heterocycles. The Hall–Kier alpha value is -1.83. The second-order valence-electron chi connectivity index (χ2n) is 4.99. The molecule has 0 aliphatic carbocycles. The summed E-state index contributed by atoms with van der Waals surface area (Å²) in [6, 6.07) is 11.1. The topological polar surface area (TPSA) is 54.9 Å². The van der Waals surface area contributed by atoms with Gasteiger partial charge in [0.15, 0.2) is 0 Å². The fourth-order valence-electron chi connectivity index (χ4n) is 2.82. The minimum atomic E-state index is 0.214. The first-order valence-corrected chi connectivity index (χ1v) is 6.77. The standard InChI is InChI=1S/C15H18N4/c16-5-3-15(19-9-7-17-8-10-19)13-1-2-14-12(11-13)4-6-18-14/h1-2,4,6,11,15,17-18H,3,7-10H2/t15-/m0/s1. The van der Waals surface area contributed by atoms with Gasteiger partial charge in [-0.2, -0.15) is 5.26 Å². The van der Waals surface area contributed by atoms with Crippen molar-refractivity contribution in [2.75, 3.05) is 26.2 Å². The SMILES string of the molecule is N#CC[C@@H](c1ccc2[nH]ccc2c1)N1CCNCC1. The van der Waals surface area contributed by atoms with Crippen LogP contribution in [0, 0.1) is 11.3 Å². The highest BCUT2D eigenvalue weighted by atomic mass is 15.2. The lowest BCUT2D eigenvalue weighted by Gasteiger charge is -2.34. The van der Waals surface area contributed by atoms with E-state index in [0.29, 0.717) is 6.42 Å². The number of nitriles is 1. The van der Waals surface area contributed by atoms with E-state index in [1.807, 2.05) is 6.20 Å². The van der Waals surface area contributed by atoms with Gasteiger partial charge in [-0.1, -0.05) is 6.07 Å². The summed E-state index contributed by atoms with van der Waals surface area (Å²) in [4.78, 5) is 5.62. The average molecular weight is 254 g/mol. The van der Waals surface area contributed by atoms with E-state index >= 15 is 0 Å². The van der Waals surface area contributed by atoms with Crippen molar-refractivity contribution in [3.05, 3.63) is 36.0 Å². The quantitative estimate of drug-likeness (QED) is 0.881. The molecule has 1 saturated heterocycles. The maximum atomic E-state index is 9.10. The largest absolute Gasteiger partial charge is 0.361 e. The molecule has 0 radical (unpaired) electrons. The van der Waals surface area contributed by atoms with Crippen molar-refractivity contribution in [2.45, 2.75) is 12.5 Å². The average Bonchev–Trinajstić information content (AvgIpc) is 2.93. The van der Waals surface area contributed by atoms with E-state index in [-0.39, 0.29) is 6.04 Å². The monoisotopic (exact) mass is 254 g/mol. The van der Waals surface area contributed by atoms with Gasteiger partial charge in [0, 0.05) is 43.9 Å². The van der Waals surface area contributed by atoms with Gasteiger partial charge in [0.2, 0.25) is 0 Å². The van der Waals surface area contributed by atoms with Gasteiger partial charge in [-0.05, 0) is 29.1 Å². The first-order chi connectivity index (χ1) is 9.38. The molecule has 4 heteroatoms. The molecule has 1 fully saturated rings. The molecule has 2 N–H and O–H groups in total. The number of piperazine rings is 1. The smallest absolute Gasteiger partial charge is 0.0641 e. The molecule has 1 aliphatic rings. The van der Waals surface area contributed by atoms with Crippen molar-refractivity contribution in [2.24, 2.45) is 0 Å². The maximum absolute atomic E-state index is 9.10. The molecule has 98 valence electrons. The Balaban J connectivity index is 1.91. The number of nitrogens with one attached hydrogen (secondary N) is 2. The van der Waals surface area contributed by atoms with Crippen molar-refractivity contribution in [1.29, 1.82) is 5.26 Å². The summed E-state index contributed by atoms with van der Waals surface area (Å²) in [6.07, 6.45) is 2.51. The van der Waals surface area contributed by atoms with Gasteiger partial charge in [0.05, 0.1) is 12.5 Å². The van der Waals surface area contributed by atoms with E-state index in [0.717, 1.165) is 31.7 Å². The Morgan fingerprint density at radius 3 is 2.89 bits per heavy atom. The van der Waals surface area contributed by atoms with E-state index in [9.17, 15) is 0 Å². The predicted molar refractivity (Wildman–Crippen MR) is 75.7 cm³/mol. The third-order valence-electron chi connectivity index (χ3n) is 3.84. The number of hydrogen-bond donors (Lipinski definition) is 2. The number of rotatable bonds is 3. The molecule has 0 bridgehead atoms. The Kier molecular flexibility index (Phi) is 3.49. The molecule has 1 aromatic carbocycles. The number of fused-ring (bicyclic) bond motifs is 1. The van der Waals surface area contributed by atoms with Crippen molar-refractivity contribution in [3.63, 3.8) is 0 Å². The highest BCUT2D eigenvalue weighted by molar-refractivity contribution is 5.80. The Morgan fingerprint density at radius 2 is 2.11 bits per heavy atom. The minimum Gasteiger partial charge on any atom is -0.361 e. The zero-order chi connectivity index (χ0) is 13.1. The van der Waals surface area contributed by atoms with Crippen molar-refractivity contribution in [1.82, 2.24) is 15.2 Å². The van der Waals surface area contributed by atoms with Crippen LogP contribution in [0.5, 0.6) is 0 Å². The summed E-state index contributed by atoms with van der Waals surface area (Å²) >= 11 is 0. The van der Waals surface area contributed by atoms with Crippen molar-refractivity contribution in [3.8, 4) is 6.07 Å². The zero-order valence-electron chi connectivity index (χ0n) is 10.9. The van der Waals surface area contributed by atoms with Gasteiger partial charge in [0.1, 0.15) is 0 Å². The summed E-state index contributed by atoms with van der Waals surface area (Å²) in [5.41, 5.74) is 2.40. The van der Waals surface area contributed by atoms with E-state index in [1.54, 1.807) is 0 Å². The second-order valence-corrected chi connectivity index (χ2v) is 4.99. The molecule has 0 spiro atoms. The van der Waals surface area contributed by atoms with Gasteiger partial charge in [-0.25, -0.2) is 0 Å². The third kappa shape index (κ3) is 2.48. The normalized spacial score (nSPS) is 18.3. The second kappa shape index (κ2) is 5.43. The van der Waals surface area contributed by atoms with E-state index in [2.05, 4.69) is 45.5 Å². The van der Waals surface area contributed by atoms with Gasteiger partial charge < -0.3 is 10.3 Å². The molecule has 1 aliphatic heterocycles. The van der Waals surface area contributed by atoms with Gasteiger partial charge in [-0.3, -0.25) is 4.90 Å². The van der Waals surface area contributed by atoms with Crippen LogP contribution in [0.1, 0.15) is 18.0 Å². The van der Waals surface area contributed by atoms with Gasteiger partial charge >= 0.3 is 0 Å². The zero-order valence-corrected chi connectivity index (χ0v) is 10.9. The summed E-state index contributed by atoms with van der Waals surface area (Å²) in [5.74, 6) is 0. The van der Waals surface area contributed by atoms with Gasteiger partial charge in [0.25, 0.3) is 0 Å². The van der Waals surface area contributed by atoms with Crippen LogP contribution in [0.2, 0.25) is 0 Å². The molecule has 0 amide bonds. The van der Waals surface area contributed by atoms with Crippen LogP contribution < -0.4 is 5.32 Å². The molecular weight excluding hydrogens is 236 g/mol. The lowest BCUT2D eigenvalue weighted by Crippen LogP contribution is -2.45. The Morgan fingerprint density at radius 1 is 1.26 bits per heavy atom. The molecular formula is C15H18N4. The first kappa shape index (κ1) is 12.2. The highest BCUT2D eigenvalue weighted by Gasteiger charge is 2.22. The molecule has 0 saturated carbocycles. The fourth-order valence-corrected chi connectivity index (χ4v) is 2.82. The van der Waals surface area contributed by atoms with Crippen molar-refractivity contribution >= 4 is 10.9 Å². The molecule has 2 heterocycles. The van der Waals surface area contributed by atoms with E-state index in [1.165, 1.54) is 10.9 Å². The summed E-state index contributed by atoms with van der Waals surface area (Å²) in [5, 5.41) is 13.7. The maximum Gasteiger partial charge on any atom is 0.0641 e. The minimum absolute atomic E-state index is 0.214. The van der Waals surface area contributed by atoms with Gasteiger partial charge in [-0.15, -0.1) is 0 Å². The third-order valence-corrected chi connectivity index (χ3v) is 3.84. The number of hydrogen-bond acceptors (Lipinski definition) is 3. The fraction of sp³-hybridized carbons (Fsp3) is 0.400. The van der Waals surface area contributed by atoms with Crippen molar-refractivity contribution < 1.29 is 0 Å². The molecule has 4 nitrogen and oxygen atoms in total. The molecule has 2 aromatic rings. The number of aromatic nitrogens is 1. The molecule has 3 rings (SSSR count). The van der Waals surface area contributed by atoms with Crippen LogP contribution in [-0.4, -0.2) is 36.1 Å². The summed E-state index contributed by atoms with van der Waals surface area (Å²) in [6.45, 7) is 4.04. The van der Waals surface area contributed by atoms with Crippen LogP contribution in [-0.2, 0) is 0 Å². The Bertz CT molecular complexity index is 589. The lowest BCUT2D eigenvalue weighted by atomic mass is 10.0. The van der Waals surface area contributed by atoms with Crippen LogP contribution in [0.3, 0.4) is 0 Å². The molecule has 0 unspecified atom stereocenters. The first-order valence-electron chi connectivity index (χ1n) is 6.77. The highest BCUT2D eigenvalue weighted by Crippen LogP contribution is 2.27. The van der Waals surface area contributed by atoms with E-state index < -0.39 is 0 Å². The predicted octanol–water partition coefficient (Wildman–Crippen LogP) is 2.03. The number of nitrogens with zero attached hydrogens (tertiary/aromatic N) is 2. The van der Waals surface area contributed by atoms with Crippen LogP contribution in [0.25, 0.3) is 10.9 Å². The summed E-state index contributed by atoms with van der Waals surface area (Å²) in [7, 11) is 0. The van der Waals surface area contributed by atoms with Crippen LogP contribution >= 0.6 is 0 Å². The number of H-pyrrole nitrogens is 1. The Labute approximate surface area is 113 Å². The van der Waals surface area contributed by atoms with Crippen LogP contribution in [0.15, 0.2) is 30.5 Å². The number of benzene rings is 1. The van der Waals surface area contributed by atoms with Crippen LogP contribution in [0.4, 0.5) is 0 Å². The number of aromatic amines is 1. The molecule has 19 heavy (non-hydrogen) atoms. The van der Waals surface area contributed by atoms with E-state index in [4.69, 9.17) is 5.26 Å². The lowest BCUT2D eigenvalue weighted by molar-refractivity contribution is 0.176.